The summed E-state index contributed by atoms with van der Waals surface area (Å²) >= 11 is 6.13. The number of nitrogens with zero attached hydrogens (tertiary/aromatic N) is 3. The van der Waals surface area contributed by atoms with E-state index in [0.29, 0.717) is 16.8 Å². The van der Waals surface area contributed by atoms with Crippen LogP contribution >= 0.6 is 11.6 Å². The Morgan fingerprint density at radius 2 is 2.04 bits per heavy atom. The maximum absolute atomic E-state index is 6.13. The van der Waals surface area contributed by atoms with Crippen LogP contribution in [0.15, 0.2) is 18.3 Å². The van der Waals surface area contributed by atoms with Crippen molar-refractivity contribution in [3.05, 3.63) is 29.0 Å². The van der Waals surface area contributed by atoms with Crippen LogP contribution < -0.4 is 11.1 Å². The molecule has 2 saturated carbocycles. The third kappa shape index (κ3) is 2.34. The van der Waals surface area contributed by atoms with Gasteiger partial charge >= 0.3 is 0 Å². The maximum atomic E-state index is 6.13. The van der Waals surface area contributed by atoms with E-state index in [9.17, 15) is 0 Å². The zero-order valence-corrected chi connectivity index (χ0v) is 13.6. The number of halogens is 1. The minimum atomic E-state index is 0.371. The fourth-order valence-electron chi connectivity index (χ4n) is 3.98. The number of nitrogens with one attached hydrogen (secondary N) is 1. The number of hydrogen-bond donors (Lipinski definition) is 2. The quantitative estimate of drug-likeness (QED) is 0.904. The number of aromatic nitrogens is 3. The highest BCUT2D eigenvalue weighted by atomic mass is 35.5. The molecule has 1 saturated heterocycles. The normalized spacial score (nSPS) is 28.8. The molecule has 2 aromatic heterocycles. The lowest BCUT2D eigenvalue weighted by atomic mass is 10.1. The molecule has 120 valence electrons. The third-order valence-electron chi connectivity index (χ3n) is 5.54. The van der Waals surface area contributed by atoms with Crippen molar-refractivity contribution in [3.8, 4) is 11.3 Å². The van der Waals surface area contributed by atoms with Gasteiger partial charge in [0.2, 0.25) is 0 Å². The minimum absolute atomic E-state index is 0.371. The molecular formula is C17H20ClN5. The molecule has 2 aliphatic carbocycles. The van der Waals surface area contributed by atoms with Gasteiger partial charge in [-0.1, -0.05) is 11.6 Å². The molecule has 5 rings (SSSR count). The van der Waals surface area contributed by atoms with Gasteiger partial charge in [0, 0.05) is 29.9 Å². The van der Waals surface area contributed by atoms with E-state index in [2.05, 4.69) is 21.0 Å². The molecular weight excluding hydrogens is 310 g/mol. The fourth-order valence-corrected chi connectivity index (χ4v) is 4.14. The van der Waals surface area contributed by atoms with Gasteiger partial charge in [-0.3, -0.25) is 4.68 Å². The smallest absolute Gasteiger partial charge is 0.142 e. The molecule has 1 unspecified atom stereocenters. The zero-order chi connectivity index (χ0) is 15.6. The predicted molar refractivity (Wildman–Crippen MR) is 90.2 cm³/mol. The summed E-state index contributed by atoms with van der Waals surface area (Å²) < 4.78 is 2.25. The molecule has 1 aliphatic heterocycles. The third-order valence-corrected chi connectivity index (χ3v) is 5.84. The van der Waals surface area contributed by atoms with E-state index in [0.717, 1.165) is 48.6 Å². The number of hydrogen-bond acceptors (Lipinski definition) is 4. The van der Waals surface area contributed by atoms with Crippen LogP contribution in [0.25, 0.3) is 11.3 Å². The van der Waals surface area contributed by atoms with E-state index < -0.39 is 0 Å². The monoisotopic (exact) mass is 329 g/mol. The first-order valence-electron chi connectivity index (χ1n) is 8.40. The Kier molecular flexibility index (Phi) is 2.97. The second-order valence-electron chi connectivity index (χ2n) is 7.18. The van der Waals surface area contributed by atoms with E-state index in [1.165, 1.54) is 18.5 Å². The van der Waals surface area contributed by atoms with E-state index in [1.807, 2.05) is 6.07 Å². The van der Waals surface area contributed by atoms with Gasteiger partial charge in [-0.05, 0) is 55.8 Å². The van der Waals surface area contributed by atoms with Crippen LogP contribution in [-0.4, -0.2) is 27.9 Å². The van der Waals surface area contributed by atoms with Gasteiger partial charge in [-0.15, -0.1) is 0 Å². The van der Waals surface area contributed by atoms with Crippen LogP contribution in [0.4, 0.5) is 5.82 Å². The largest absolute Gasteiger partial charge is 0.382 e. The van der Waals surface area contributed by atoms with Crippen LogP contribution in [0.1, 0.15) is 24.5 Å². The van der Waals surface area contributed by atoms with Gasteiger partial charge in [-0.2, -0.15) is 5.10 Å². The molecule has 3 atom stereocenters. The van der Waals surface area contributed by atoms with Gasteiger partial charge in [0.1, 0.15) is 5.82 Å². The Balaban J connectivity index is 1.51. The molecule has 0 radical (unpaired) electrons. The summed E-state index contributed by atoms with van der Waals surface area (Å²) in [6, 6.07) is 4.11. The van der Waals surface area contributed by atoms with Crippen molar-refractivity contribution in [2.24, 2.45) is 17.8 Å². The van der Waals surface area contributed by atoms with Crippen LogP contribution in [-0.2, 0) is 6.54 Å². The van der Waals surface area contributed by atoms with Gasteiger partial charge in [0.15, 0.2) is 0 Å². The van der Waals surface area contributed by atoms with Crippen molar-refractivity contribution in [1.29, 1.82) is 0 Å². The van der Waals surface area contributed by atoms with Crippen LogP contribution in [0.3, 0.4) is 0 Å². The Hall–Kier alpha value is -1.59. The number of fused-ring (bicyclic) bond motifs is 1. The summed E-state index contributed by atoms with van der Waals surface area (Å²) in [6.07, 6.45) is 4.44. The van der Waals surface area contributed by atoms with Crippen LogP contribution in [0.2, 0.25) is 5.02 Å². The summed E-state index contributed by atoms with van der Waals surface area (Å²) in [7, 11) is 0. The van der Waals surface area contributed by atoms with Crippen molar-refractivity contribution in [1.82, 2.24) is 20.1 Å². The SMILES string of the molecule is Nc1ncc(-c2cc(C3[C@H]4CNC[C@@H]34)n(CC3CC3)n2)cc1Cl. The van der Waals surface area contributed by atoms with Crippen molar-refractivity contribution in [2.45, 2.75) is 25.3 Å². The standard InChI is InChI=1S/C17H20ClN5/c18-13-3-10(5-21-17(13)19)14-4-15(16-11-6-20-7-12(11)16)23(22-14)8-9-1-2-9/h3-5,9,11-12,16,20H,1-2,6-8H2,(H2,19,21)/t11-,12+,16?. The summed E-state index contributed by atoms with van der Waals surface area (Å²) in [5, 5.41) is 8.85. The molecule has 6 heteroatoms. The number of piperidine rings is 1. The van der Waals surface area contributed by atoms with E-state index in [1.54, 1.807) is 6.20 Å². The molecule has 23 heavy (non-hydrogen) atoms. The first-order chi connectivity index (χ1) is 11.2. The van der Waals surface area contributed by atoms with Crippen molar-refractivity contribution in [3.63, 3.8) is 0 Å². The first kappa shape index (κ1) is 13.8. The van der Waals surface area contributed by atoms with E-state index in [4.69, 9.17) is 22.4 Å². The number of rotatable bonds is 4. The molecule has 3 N–H and O–H groups in total. The van der Waals surface area contributed by atoms with Crippen molar-refractivity contribution < 1.29 is 0 Å². The van der Waals surface area contributed by atoms with E-state index >= 15 is 0 Å². The summed E-state index contributed by atoms with van der Waals surface area (Å²) in [5.41, 5.74) is 9.03. The van der Waals surface area contributed by atoms with Gasteiger partial charge in [-0.25, -0.2) is 4.98 Å². The zero-order valence-electron chi connectivity index (χ0n) is 12.9. The average molecular weight is 330 g/mol. The topological polar surface area (TPSA) is 68.8 Å². The first-order valence-corrected chi connectivity index (χ1v) is 8.78. The lowest BCUT2D eigenvalue weighted by Crippen LogP contribution is -2.16. The highest BCUT2D eigenvalue weighted by molar-refractivity contribution is 6.33. The number of nitrogens with two attached hydrogens (primary N) is 1. The molecule has 0 bridgehead atoms. The molecule has 3 fully saturated rings. The van der Waals surface area contributed by atoms with E-state index in [-0.39, 0.29) is 0 Å². The molecule has 0 aromatic carbocycles. The molecule has 0 spiro atoms. The molecule has 0 amide bonds. The highest BCUT2D eigenvalue weighted by Crippen LogP contribution is 2.56. The average Bonchev–Trinajstić information content (AvgIpc) is 3.38. The Morgan fingerprint density at radius 3 is 2.74 bits per heavy atom. The van der Waals surface area contributed by atoms with Crippen LogP contribution in [0.5, 0.6) is 0 Å². The number of anilines is 1. The highest BCUT2D eigenvalue weighted by Gasteiger charge is 2.55. The number of pyridine rings is 1. The second kappa shape index (κ2) is 4.95. The van der Waals surface area contributed by atoms with Gasteiger partial charge in [0.25, 0.3) is 0 Å². The maximum Gasteiger partial charge on any atom is 0.142 e. The van der Waals surface area contributed by atoms with Crippen LogP contribution in [0, 0.1) is 17.8 Å². The summed E-state index contributed by atoms with van der Waals surface area (Å²) in [4.78, 5) is 4.17. The van der Waals surface area contributed by atoms with Crippen molar-refractivity contribution in [2.75, 3.05) is 18.8 Å². The molecule has 3 heterocycles. The molecule has 5 nitrogen and oxygen atoms in total. The Morgan fingerprint density at radius 1 is 1.26 bits per heavy atom. The summed E-state index contributed by atoms with van der Waals surface area (Å²) in [5.74, 6) is 3.45. The predicted octanol–water partition coefficient (Wildman–Crippen LogP) is 2.52. The second-order valence-corrected chi connectivity index (χ2v) is 7.59. The fraction of sp³-hybridized carbons (Fsp3) is 0.529. The summed E-state index contributed by atoms with van der Waals surface area (Å²) in [6.45, 7) is 3.35. The van der Waals surface area contributed by atoms with Crippen molar-refractivity contribution >= 4 is 17.4 Å². The molecule has 3 aliphatic rings. The van der Waals surface area contributed by atoms with Gasteiger partial charge < -0.3 is 11.1 Å². The molecule has 2 aromatic rings. The lowest BCUT2D eigenvalue weighted by Gasteiger charge is -2.08. The minimum Gasteiger partial charge on any atom is -0.382 e. The number of nitrogen functional groups attached to an aromatic ring is 1. The van der Waals surface area contributed by atoms with Gasteiger partial charge in [0.05, 0.1) is 10.7 Å². The lowest BCUT2D eigenvalue weighted by molar-refractivity contribution is 0.526. The Labute approximate surface area is 140 Å². The Bertz CT molecular complexity index is 756.